The molecule has 0 aliphatic carbocycles. The number of benzene rings is 1. The molecular formula is C16H23NO3. The van der Waals surface area contributed by atoms with Gasteiger partial charge in [0.1, 0.15) is 5.75 Å². The molecule has 0 bridgehead atoms. The van der Waals surface area contributed by atoms with Crippen LogP contribution in [0, 0.1) is 5.92 Å². The van der Waals surface area contributed by atoms with Gasteiger partial charge in [-0.05, 0) is 42.5 Å². The molecule has 1 fully saturated rings. The monoisotopic (exact) mass is 277 g/mol. The number of methoxy groups -OCH3 is 1. The van der Waals surface area contributed by atoms with Crippen molar-refractivity contribution in [1.29, 1.82) is 0 Å². The Morgan fingerprint density at radius 1 is 1.50 bits per heavy atom. The van der Waals surface area contributed by atoms with E-state index in [2.05, 4.69) is 22.6 Å². The third kappa shape index (κ3) is 3.73. The van der Waals surface area contributed by atoms with Crippen molar-refractivity contribution in [3.63, 3.8) is 0 Å². The van der Waals surface area contributed by atoms with Crippen LogP contribution in [-0.2, 0) is 9.53 Å². The Morgan fingerprint density at radius 2 is 2.30 bits per heavy atom. The summed E-state index contributed by atoms with van der Waals surface area (Å²) in [6.45, 7) is 4.97. The number of nitrogens with zero attached hydrogens (tertiary/aromatic N) is 1. The van der Waals surface area contributed by atoms with Crippen molar-refractivity contribution in [3.8, 4) is 5.75 Å². The first-order valence-corrected chi connectivity index (χ1v) is 7.18. The fourth-order valence-corrected chi connectivity index (χ4v) is 3.04. The number of piperidine rings is 1. The number of carbonyl (C=O) groups excluding carboxylic acids is 1. The molecule has 1 heterocycles. The Labute approximate surface area is 120 Å². The summed E-state index contributed by atoms with van der Waals surface area (Å²) >= 11 is 0. The average molecular weight is 277 g/mol. The number of phenols is 1. The van der Waals surface area contributed by atoms with Gasteiger partial charge in [-0.1, -0.05) is 19.1 Å². The molecule has 0 amide bonds. The van der Waals surface area contributed by atoms with Crippen LogP contribution < -0.4 is 0 Å². The summed E-state index contributed by atoms with van der Waals surface area (Å²) < 4.78 is 4.68. The SMILES string of the molecule is COC(=O)CCN1CCC(c2cccc(O)c2)[C@@H](C)C1. The first-order valence-electron chi connectivity index (χ1n) is 7.18. The maximum Gasteiger partial charge on any atom is 0.306 e. The first kappa shape index (κ1) is 14.9. The summed E-state index contributed by atoms with van der Waals surface area (Å²) in [5.41, 5.74) is 1.21. The van der Waals surface area contributed by atoms with Crippen molar-refractivity contribution in [2.45, 2.75) is 25.7 Å². The highest BCUT2D eigenvalue weighted by Gasteiger charge is 2.27. The van der Waals surface area contributed by atoms with E-state index in [1.165, 1.54) is 12.7 Å². The molecule has 1 saturated heterocycles. The van der Waals surface area contributed by atoms with E-state index in [9.17, 15) is 9.90 Å². The zero-order chi connectivity index (χ0) is 14.5. The summed E-state index contributed by atoms with van der Waals surface area (Å²) in [7, 11) is 1.43. The van der Waals surface area contributed by atoms with Gasteiger partial charge in [-0.25, -0.2) is 0 Å². The predicted molar refractivity (Wildman–Crippen MR) is 77.7 cm³/mol. The number of hydrogen-bond donors (Lipinski definition) is 1. The number of carbonyl (C=O) groups is 1. The van der Waals surface area contributed by atoms with Crippen molar-refractivity contribution >= 4 is 5.97 Å². The largest absolute Gasteiger partial charge is 0.508 e. The Kier molecular flexibility index (Phi) is 5.01. The van der Waals surface area contributed by atoms with Gasteiger partial charge < -0.3 is 14.7 Å². The van der Waals surface area contributed by atoms with Crippen LogP contribution in [0.5, 0.6) is 5.75 Å². The second-order valence-electron chi connectivity index (χ2n) is 5.59. The van der Waals surface area contributed by atoms with Crippen LogP contribution in [0.1, 0.15) is 31.2 Å². The van der Waals surface area contributed by atoms with E-state index >= 15 is 0 Å². The van der Waals surface area contributed by atoms with E-state index in [1.807, 2.05) is 12.1 Å². The van der Waals surface area contributed by atoms with Crippen molar-refractivity contribution in [3.05, 3.63) is 29.8 Å². The van der Waals surface area contributed by atoms with Crippen LogP contribution >= 0.6 is 0 Å². The van der Waals surface area contributed by atoms with Gasteiger partial charge in [-0.3, -0.25) is 4.79 Å². The van der Waals surface area contributed by atoms with Gasteiger partial charge >= 0.3 is 5.97 Å². The molecule has 20 heavy (non-hydrogen) atoms. The molecule has 2 atom stereocenters. The highest BCUT2D eigenvalue weighted by atomic mass is 16.5. The molecule has 0 saturated carbocycles. The minimum absolute atomic E-state index is 0.146. The number of esters is 1. The lowest BCUT2D eigenvalue weighted by Gasteiger charge is -2.37. The maximum absolute atomic E-state index is 11.2. The molecule has 1 aromatic rings. The van der Waals surface area contributed by atoms with E-state index < -0.39 is 0 Å². The molecule has 1 aliphatic heterocycles. The molecule has 1 unspecified atom stereocenters. The smallest absolute Gasteiger partial charge is 0.306 e. The van der Waals surface area contributed by atoms with Crippen LogP contribution in [0.4, 0.5) is 0 Å². The van der Waals surface area contributed by atoms with Crippen molar-refractivity contribution in [1.82, 2.24) is 4.90 Å². The summed E-state index contributed by atoms with van der Waals surface area (Å²) in [5.74, 6) is 1.19. The Balaban J connectivity index is 1.91. The number of phenolic OH excluding ortho intramolecular Hbond substituents is 1. The molecule has 110 valence electrons. The standard InChI is InChI=1S/C16H23NO3/c1-12-11-17(9-7-16(19)20-2)8-6-15(12)13-4-3-5-14(18)10-13/h3-5,10,12,15,18H,6-9,11H2,1-2H3/t12-,15?/m0/s1. The molecule has 4 nitrogen and oxygen atoms in total. The van der Waals surface area contributed by atoms with Crippen LogP contribution in [0.15, 0.2) is 24.3 Å². The van der Waals surface area contributed by atoms with Gasteiger partial charge in [0.2, 0.25) is 0 Å². The van der Waals surface area contributed by atoms with Crippen LogP contribution in [-0.4, -0.2) is 42.7 Å². The van der Waals surface area contributed by atoms with E-state index in [0.717, 1.165) is 26.1 Å². The quantitative estimate of drug-likeness (QED) is 0.859. The number of aromatic hydroxyl groups is 1. The van der Waals surface area contributed by atoms with Gasteiger partial charge in [-0.15, -0.1) is 0 Å². The number of likely N-dealkylation sites (tertiary alicyclic amines) is 1. The van der Waals surface area contributed by atoms with Gasteiger partial charge in [0.15, 0.2) is 0 Å². The third-order valence-electron chi connectivity index (χ3n) is 4.15. The minimum atomic E-state index is -0.146. The lowest BCUT2D eigenvalue weighted by Crippen LogP contribution is -2.39. The fourth-order valence-electron chi connectivity index (χ4n) is 3.04. The number of hydrogen-bond acceptors (Lipinski definition) is 4. The van der Waals surface area contributed by atoms with Crippen molar-refractivity contribution < 1.29 is 14.6 Å². The maximum atomic E-state index is 11.2. The van der Waals surface area contributed by atoms with Crippen LogP contribution in [0.2, 0.25) is 0 Å². The summed E-state index contributed by atoms with van der Waals surface area (Å²) in [4.78, 5) is 13.5. The predicted octanol–water partition coefficient (Wildman–Crippen LogP) is 2.38. The van der Waals surface area contributed by atoms with Crippen molar-refractivity contribution in [2.24, 2.45) is 5.92 Å². The number of ether oxygens (including phenoxy) is 1. The van der Waals surface area contributed by atoms with E-state index in [4.69, 9.17) is 0 Å². The highest BCUT2D eigenvalue weighted by molar-refractivity contribution is 5.69. The highest BCUT2D eigenvalue weighted by Crippen LogP contribution is 2.33. The van der Waals surface area contributed by atoms with Gasteiger partial charge in [0.25, 0.3) is 0 Å². The van der Waals surface area contributed by atoms with E-state index in [0.29, 0.717) is 24.0 Å². The molecule has 1 aliphatic rings. The molecule has 2 rings (SSSR count). The molecular weight excluding hydrogens is 254 g/mol. The summed E-state index contributed by atoms with van der Waals surface area (Å²) in [6, 6.07) is 7.57. The summed E-state index contributed by atoms with van der Waals surface area (Å²) in [6.07, 6.45) is 1.52. The van der Waals surface area contributed by atoms with Gasteiger partial charge in [0, 0.05) is 13.1 Å². The molecule has 4 heteroatoms. The van der Waals surface area contributed by atoms with Crippen molar-refractivity contribution in [2.75, 3.05) is 26.7 Å². The van der Waals surface area contributed by atoms with Gasteiger partial charge in [0.05, 0.1) is 13.5 Å². The lowest BCUT2D eigenvalue weighted by molar-refractivity contribution is -0.141. The molecule has 0 spiro atoms. The van der Waals surface area contributed by atoms with E-state index in [-0.39, 0.29) is 5.97 Å². The second-order valence-corrected chi connectivity index (χ2v) is 5.59. The normalized spacial score (nSPS) is 23.5. The molecule has 0 radical (unpaired) electrons. The van der Waals surface area contributed by atoms with Gasteiger partial charge in [-0.2, -0.15) is 0 Å². The molecule has 1 N–H and O–H groups in total. The minimum Gasteiger partial charge on any atom is -0.508 e. The average Bonchev–Trinajstić information content (AvgIpc) is 2.44. The Hall–Kier alpha value is -1.55. The molecule has 0 aromatic heterocycles. The zero-order valence-electron chi connectivity index (χ0n) is 12.2. The van der Waals surface area contributed by atoms with Crippen LogP contribution in [0.3, 0.4) is 0 Å². The number of rotatable bonds is 4. The fraction of sp³-hybridized carbons (Fsp3) is 0.562. The first-order chi connectivity index (χ1) is 9.60. The Morgan fingerprint density at radius 3 is 2.95 bits per heavy atom. The summed E-state index contributed by atoms with van der Waals surface area (Å²) in [5, 5.41) is 9.59. The lowest BCUT2D eigenvalue weighted by atomic mass is 9.81. The third-order valence-corrected chi connectivity index (χ3v) is 4.15. The molecule has 1 aromatic carbocycles. The van der Waals surface area contributed by atoms with E-state index in [1.54, 1.807) is 6.07 Å². The van der Waals surface area contributed by atoms with Crippen LogP contribution in [0.25, 0.3) is 0 Å². The second kappa shape index (κ2) is 6.75. The Bertz CT molecular complexity index is 461. The zero-order valence-corrected chi connectivity index (χ0v) is 12.2. The topological polar surface area (TPSA) is 49.8 Å².